The third kappa shape index (κ3) is 209. The minimum absolute atomic E-state index is 0.00463. The van der Waals surface area contributed by atoms with Gasteiger partial charge in [-0.05, 0) is 137 Å². The lowest BCUT2D eigenvalue weighted by Gasteiger charge is -2.31. The second-order valence-corrected chi connectivity index (χ2v) is 20.4. The van der Waals surface area contributed by atoms with Gasteiger partial charge in [-0.15, -0.1) is 0 Å². The Morgan fingerprint density at radius 1 is 0.290 bits per heavy atom. The van der Waals surface area contributed by atoms with Crippen LogP contribution in [0.25, 0.3) is 0 Å². The molecule has 0 saturated carbocycles. The van der Waals surface area contributed by atoms with Gasteiger partial charge in [0, 0.05) is 106 Å². The summed E-state index contributed by atoms with van der Waals surface area (Å²) in [5.74, 6) is -0.728. The van der Waals surface area contributed by atoms with Gasteiger partial charge < -0.3 is 99.8 Å². The van der Waals surface area contributed by atoms with Gasteiger partial charge in [0.1, 0.15) is 78.1 Å². The van der Waals surface area contributed by atoms with Gasteiger partial charge in [-0.1, -0.05) is 54.4 Å². The summed E-state index contributed by atoms with van der Waals surface area (Å²) in [4.78, 5) is 171. The Bertz CT molecular complexity index is 1650. The Balaban J connectivity index is -0.0000000962. The van der Waals surface area contributed by atoms with Crippen LogP contribution in [0.15, 0.2) is 0 Å². The van der Waals surface area contributed by atoms with E-state index >= 15 is 0 Å². The van der Waals surface area contributed by atoms with Gasteiger partial charge in [-0.3, -0.25) is 28.8 Å². The summed E-state index contributed by atoms with van der Waals surface area (Å²) in [5, 5.41) is 20.4. The number of carbonyl (C=O) groups is 16. The molecule has 28 nitrogen and oxygen atoms in total. The standard InChI is InChI=1S/C29H48N4O12.2C4H8O.2C3H7NO.4C3H6O.2C3H8.2C2H7N/c1-21(34)9-5-15-32-27(40)44-19-29(17-42-25(38)11-7-13-30-23(3)36,18-43-26(39)12-8-14-31-24(4)37)20-45-28(41)33-16-6-10-22(2)35;2*1-3-4(2)5;2*1-3(5)4-2;4*1-3(2)4;4*1-3-2/h5-20H2,1-4H3,(H,30,36)(H,31,37)(H,32,40)(H,33,41);2*3H2,1-2H3;2*1-2H3,(H,4,5);4*1-2H3;2*3H2,1-2H3;2*3H,1-2H3. The number of hydrogen-bond donors (Lipinski definition) is 8. The van der Waals surface area contributed by atoms with Crippen molar-refractivity contribution in [3.63, 3.8) is 0 Å². The Labute approximate surface area is 560 Å². The van der Waals surface area contributed by atoms with Crippen LogP contribution >= 0.6 is 0 Å². The van der Waals surface area contributed by atoms with Gasteiger partial charge in [0.25, 0.3) is 0 Å². The van der Waals surface area contributed by atoms with Crippen LogP contribution in [0.5, 0.6) is 0 Å². The zero-order valence-corrected chi connectivity index (χ0v) is 62.8. The smallest absolute Gasteiger partial charge is 0.407 e. The molecule has 0 aromatic rings. The SMILES string of the molecule is CC(=O)CCCNC(=O)OCC(COC(=O)CCCNC(C)=O)(COC(=O)CCCNC(C)=O)COC(=O)NCCCC(C)=O.CC(C)=O.CC(C)=O.CC(C)=O.CC(C)=O.CCC.CCC.CCC(C)=O.CCC(C)=O.CNC.CNC.CNC(C)=O.CNC(C)=O. The third-order valence-corrected chi connectivity index (χ3v) is 7.61. The first-order valence-electron chi connectivity index (χ1n) is 30.9. The fourth-order valence-electron chi connectivity index (χ4n) is 3.45. The summed E-state index contributed by atoms with van der Waals surface area (Å²) in [6.07, 6.45) is 3.84. The Morgan fingerprint density at radius 2 is 0.462 bits per heavy atom. The average Bonchev–Trinajstić information content (AvgIpc) is 1.07. The number of carbonyl (C=O) groups excluding carboxylic acids is 16. The molecule has 0 spiro atoms. The van der Waals surface area contributed by atoms with Crippen LogP contribution in [0.1, 0.15) is 229 Å². The molecule has 0 aromatic heterocycles. The summed E-state index contributed by atoms with van der Waals surface area (Å²) in [5.41, 5.74) is -1.52. The van der Waals surface area contributed by atoms with Gasteiger partial charge in [-0.25, -0.2) is 9.59 Å². The fourth-order valence-corrected chi connectivity index (χ4v) is 3.45. The summed E-state index contributed by atoms with van der Waals surface area (Å²) in [6.45, 7) is 34.9. The van der Waals surface area contributed by atoms with E-state index in [9.17, 15) is 76.7 Å². The minimum atomic E-state index is -1.52. The molecule has 28 heteroatoms. The minimum Gasteiger partial charge on any atom is -0.465 e. The molecule has 0 unspecified atom stereocenters. The number of amides is 6. The number of alkyl carbamates (subject to hydrolysis) is 2. The maximum Gasteiger partial charge on any atom is 0.407 e. The predicted molar refractivity (Wildman–Crippen MR) is 367 cm³/mol. The molecular formula is C65H132N8O20. The zero-order valence-electron chi connectivity index (χ0n) is 62.8. The Morgan fingerprint density at radius 3 is 0.624 bits per heavy atom. The van der Waals surface area contributed by atoms with E-state index in [0.717, 1.165) is 0 Å². The maximum atomic E-state index is 12.5. The number of ketones is 8. The average molecular weight is 1350 g/mol. The summed E-state index contributed by atoms with van der Waals surface area (Å²) in [6, 6.07) is 0. The lowest BCUT2D eigenvalue weighted by Crippen LogP contribution is -2.45. The van der Waals surface area contributed by atoms with Crippen LogP contribution in [0.3, 0.4) is 0 Å². The number of rotatable bonds is 26. The predicted octanol–water partition coefficient (Wildman–Crippen LogP) is 7.44. The van der Waals surface area contributed by atoms with E-state index in [2.05, 4.69) is 70.2 Å². The molecule has 0 atom stereocenters. The molecule has 0 rings (SSSR count). The molecule has 6 amide bonds. The van der Waals surface area contributed by atoms with Gasteiger partial charge in [0.15, 0.2) is 0 Å². The summed E-state index contributed by atoms with van der Waals surface area (Å²) < 4.78 is 21.4. The van der Waals surface area contributed by atoms with Gasteiger partial charge >= 0.3 is 24.1 Å². The molecular weight excluding hydrogens is 1210 g/mol. The molecule has 0 fully saturated rings. The number of nitrogens with one attached hydrogen (secondary N) is 8. The monoisotopic (exact) mass is 1340 g/mol. The highest BCUT2D eigenvalue weighted by atomic mass is 16.6. The molecule has 8 N–H and O–H groups in total. The molecule has 0 aromatic carbocycles. The molecule has 0 aliphatic rings. The van der Waals surface area contributed by atoms with Gasteiger partial charge in [0.2, 0.25) is 23.6 Å². The lowest BCUT2D eigenvalue weighted by atomic mass is 9.92. The van der Waals surface area contributed by atoms with E-state index in [0.29, 0.717) is 25.7 Å². The van der Waals surface area contributed by atoms with Crippen molar-refractivity contribution in [2.24, 2.45) is 5.41 Å². The van der Waals surface area contributed by atoms with E-state index in [1.807, 2.05) is 42.0 Å². The van der Waals surface area contributed by atoms with Crippen LogP contribution in [0.2, 0.25) is 0 Å². The number of hydrogen-bond acceptors (Lipinski definition) is 22. The topological polar surface area (TPSA) is 406 Å². The second kappa shape index (κ2) is 95.7. The second-order valence-electron chi connectivity index (χ2n) is 20.4. The van der Waals surface area contributed by atoms with Crippen LogP contribution in [-0.4, -0.2) is 189 Å². The molecule has 552 valence electrons. The van der Waals surface area contributed by atoms with E-state index in [1.54, 1.807) is 27.9 Å². The number of Topliss-reactive ketones (excluding diaryl/α,β-unsaturated/α-hetero) is 8. The third-order valence-electron chi connectivity index (χ3n) is 7.61. The normalized spacial score (nSPS) is 8.56. The summed E-state index contributed by atoms with van der Waals surface area (Å²) in [7, 11) is 10.7. The Kier molecular flexibility index (Phi) is 120. The van der Waals surface area contributed by atoms with Gasteiger partial charge in [-0.2, -0.15) is 0 Å². The highest BCUT2D eigenvalue weighted by Crippen LogP contribution is 2.22. The van der Waals surface area contributed by atoms with Crippen molar-refractivity contribution in [3.8, 4) is 0 Å². The van der Waals surface area contributed by atoms with Crippen molar-refractivity contribution in [1.82, 2.24) is 42.5 Å². The molecule has 0 radical (unpaired) electrons. The highest BCUT2D eigenvalue weighted by molar-refractivity contribution is 5.77. The quantitative estimate of drug-likeness (QED) is 0.0237. The lowest BCUT2D eigenvalue weighted by molar-refractivity contribution is -0.159. The van der Waals surface area contributed by atoms with Crippen molar-refractivity contribution >= 4 is 94.0 Å². The highest BCUT2D eigenvalue weighted by Gasteiger charge is 2.38. The molecule has 0 bridgehead atoms. The largest absolute Gasteiger partial charge is 0.465 e. The first kappa shape index (κ1) is 116. The van der Waals surface area contributed by atoms with Gasteiger partial charge in [0.05, 0.1) is 0 Å². The van der Waals surface area contributed by atoms with Crippen molar-refractivity contribution in [3.05, 3.63) is 0 Å². The van der Waals surface area contributed by atoms with Crippen molar-refractivity contribution < 1.29 is 95.7 Å². The number of esters is 2. The van der Waals surface area contributed by atoms with Crippen LogP contribution < -0.4 is 42.5 Å². The molecule has 0 aliphatic heterocycles. The first-order valence-corrected chi connectivity index (χ1v) is 30.9. The van der Waals surface area contributed by atoms with Crippen molar-refractivity contribution in [2.75, 3.05) is 94.9 Å². The van der Waals surface area contributed by atoms with E-state index in [1.165, 1.54) is 110 Å². The van der Waals surface area contributed by atoms with Crippen molar-refractivity contribution in [1.29, 1.82) is 0 Å². The van der Waals surface area contributed by atoms with Crippen LogP contribution in [0.4, 0.5) is 9.59 Å². The maximum absolute atomic E-state index is 12.5. The van der Waals surface area contributed by atoms with E-state index in [4.69, 9.17) is 18.9 Å². The Hall–Kier alpha value is -7.36. The van der Waals surface area contributed by atoms with Crippen LogP contribution in [-0.2, 0) is 86.1 Å². The zero-order chi connectivity index (χ0) is 76.4. The fraction of sp³-hybridized carbons (Fsp3) is 0.754. The molecule has 93 heavy (non-hydrogen) atoms. The summed E-state index contributed by atoms with van der Waals surface area (Å²) >= 11 is 0. The first-order chi connectivity index (χ1) is 42.9. The van der Waals surface area contributed by atoms with E-state index < -0.39 is 56.0 Å². The van der Waals surface area contributed by atoms with E-state index in [-0.39, 0.29) is 135 Å². The van der Waals surface area contributed by atoms with Crippen LogP contribution in [0, 0.1) is 5.41 Å². The molecule has 0 heterocycles. The molecule has 0 aliphatic carbocycles. The number of ether oxygens (including phenoxy) is 4. The van der Waals surface area contributed by atoms with Crippen molar-refractivity contribution in [2.45, 2.75) is 229 Å². The molecule has 0 saturated heterocycles.